The molecule has 5 heteroatoms. The van der Waals surface area contributed by atoms with Gasteiger partial charge in [-0.25, -0.2) is 5.43 Å². The van der Waals surface area contributed by atoms with E-state index in [1.165, 1.54) is 0 Å². The van der Waals surface area contributed by atoms with E-state index in [9.17, 15) is 0 Å². The second kappa shape index (κ2) is 5.03. The highest BCUT2D eigenvalue weighted by Gasteiger charge is 2.19. The summed E-state index contributed by atoms with van der Waals surface area (Å²) in [5.41, 5.74) is 7.05. The van der Waals surface area contributed by atoms with Crippen molar-refractivity contribution in [3.8, 4) is 0 Å². The molecule has 1 atom stereocenters. The number of hydrogen-bond acceptors (Lipinski definition) is 4. The van der Waals surface area contributed by atoms with Gasteiger partial charge in [0.1, 0.15) is 0 Å². The van der Waals surface area contributed by atoms with Gasteiger partial charge in [-0.15, -0.1) is 0 Å². The quantitative estimate of drug-likeness (QED) is 0.561. The first-order valence-corrected chi connectivity index (χ1v) is 6.50. The Morgan fingerprint density at radius 1 is 1.20 bits per heavy atom. The third-order valence-corrected chi connectivity index (χ3v) is 3.73. The number of fused-ring (bicyclic) bond motifs is 1. The summed E-state index contributed by atoms with van der Waals surface area (Å²) in [4.78, 5) is 4.49. The molecule has 3 aromatic rings. The van der Waals surface area contributed by atoms with Gasteiger partial charge in [-0.2, -0.15) is 5.10 Å². The fourth-order valence-corrected chi connectivity index (χ4v) is 2.51. The molecule has 1 unspecified atom stereocenters. The van der Waals surface area contributed by atoms with Gasteiger partial charge in [-0.3, -0.25) is 15.5 Å². The standard InChI is InChI=1S/C15H17N5/c1-10-13(9-18-20(10)2)15(19-16)12-7-3-5-11-6-4-8-17-14(11)12/h3-9,15,19H,16H2,1-2H3. The van der Waals surface area contributed by atoms with Crippen molar-refractivity contribution in [2.75, 3.05) is 0 Å². The van der Waals surface area contributed by atoms with Crippen molar-refractivity contribution in [2.45, 2.75) is 13.0 Å². The lowest BCUT2D eigenvalue weighted by molar-refractivity contribution is 0.633. The van der Waals surface area contributed by atoms with Crippen LogP contribution in [0.4, 0.5) is 0 Å². The summed E-state index contributed by atoms with van der Waals surface area (Å²) in [6.45, 7) is 2.03. The number of pyridine rings is 1. The molecule has 0 radical (unpaired) electrons. The molecule has 102 valence electrons. The maximum Gasteiger partial charge on any atom is 0.0764 e. The van der Waals surface area contributed by atoms with Crippen molar-refractivity contribution in [1.29, 1.82) is 0 Å². The molecule has 0 spiro atoms. The van der Waals surface area contributed by atoms with Crippen molar-refractivity contribution in [1.82, 2.24) is 20.2 Å². The van der Waals surface area contributed by atoms with Crippen LogP contribution in [0.15, 0.2) is 42.7 Å². The molecule has 2 heterocycles. The molecule has 0 saturated carbocycles. The molecule has 0 saturated heterocycles. The van der Waals surface area contributed by atoms with Crippen molar-refractivity contribution in [2.24, 2.45) is 12.9 Å². The van der Waals surface area contributed by atoms with Gasteiger partial charge >= 0.3 is 0 Å². The minimum atomic E-state index is -0.123. The van der Waals surface area contributed by atoms with Crippen LogP contribution in [0.5, 0.6) is 0 Å². The minimum Gasteiger partial charge on any atom is -0.273 e. The largest absolute Gasteiger partial charge is 0.273 e. The smallest absolute Gasteiger partial charge is 0.0764 e. The molecule has 0 fully saturated rings. The maximum absolute atomic E-state index is 5.79. The van der Waals surface area contributed by atoms with Crippen molar-refractivity contribution in [3.63, 3.8) is 0 Å². The van der Waals surface area contributed by atoms with Gasteiger partial charge in [-0.1, -0.05) is 24.3 Å². The zero-order valence-electron chi connectivity index (χ0n) is 11.5. The van der Waals surface area contributed by atoms with E-state index in [1.807, 2.05) is 43.0 Å². The Labute approximate surface area is 117 Å². The number of nitrogens with two attached hydrogens (primary N) is 1. The summed E-state index contributed by atoms with van der Waals surface area (Å²) >= 11 is 0. The van der Waals surface area contributed by atoms with Gasteiger partial charge in [0.05, 0.1) is 17.8 Å². The van der Waals surface area contributed by atoms with E-state index in [1.54, 1.807) is 6.20 Å². The SMILES string of the molecule is Cc1c(C(NN)c2cccc3cccnc23)cnn1C. The Bertz CT molecular complexity index is 742. The van der Waals surface area contributed by atoms with E-state index in [-0.39, 0.29) is 6.04 Å². The van der Waals surface area contributed by atoms with Crippen molar-refractivity contribution < 1.29 is 0 Å². The average Bonchev–Trinajstić information content (AvgIpc) is 2.81. The fourth-order valence-electron chi connectivity index (χ4n) is 2.51. The minimum absolute atomic E-state index is 0.123. The Kier molecular flexibility index (Phi) is 3.22. The molecule has 3 N–H and O–H groups in total. The Hall–Kier alpha value is -2.24. The van der Waals surface area contributed by atoms with Crippen LogP contribution in [0.3, 0.4) is 0 Å². The summed E-state index contributed by atoms with van der Waals surface area (Å²) in [6.07, 6.45) is 3.65. The molecule has 3 rings (SSSR count). The number of para-hydroxylation sites is 1. The molecule has 0 amide bonds. The number of benzene rings is 1. The molecule has 0 aliphatic rings. The maximum atomic E-state index is 5.79. The molecule has 0 aliphatic heterocycles. The Morgan fingerprint density at radius 3 is 2.70 bits per heavy atom. The number of hydrazine groups is 1. The van der Waals surface area contributed by atoms with E-state index in [2.05, 4.69) is 27.6 Å². The number of hydrogen-bond donors (Lipinski definition) is 2. The summed E-state index contributed by atoms with van der Waals surface area (Å²) in [7, 11) is 1.92. The molecule has 2 aromatic heterocycles. The molecule has 5 nitrogen and oxygen atoms in total. The first-order chi connectivity index (χ1) is 9.72. The highest BCUT2D eigenvalue weighted by Crippen LogP contribution is 2.28. The van der Waals surface area contributed by atoms with Crippen molar-refractivity contribution in [3.05, 3.63) is 59.5 Å². The van der Waals surface area contributed by atoms with Gasteiger partial charge in [0.15, 0.2) is 0 Å². The van der Waals surface area contributed by atoms with Crippen LogP contribution >= 0.6 is 0 Å². The molecule has 0 bridgehead atoms. The topological polar surface area (TPSA) is 68.8 Å². The molecule has 0 aliphatic carbocycles. The first-order valence-electron chi connectivity index (χ1n) is 6.50. The zero-order chi connectivity index (χ0) is 14.1. The highest BCUT2D eigenvalue weighted by atomic mass is 15.3. The van der Waals surface area contributed by atoms with Gasteiger partial charge in [0.25, 0.3) is 0 Å². The van der Waals surface area contributed by atoms with Crippen LogP contribution in [0.1, 0.15) is 22.9 Å². The van der Waals surface area contributed by atoms with Crippen LogP contribution in [0.2, 0.25) is 0 Å². The lowest BCUT2D eigenvalue weighted by Gasteiger charge is -2.17. The molecular formula is C15H17N5. The molecular weight excluding hydrogens is 250 g/mol. The van der Waals surface area contributed by atoms with Crippen LogP contribution in [-0.2, 0) is 7.05 Å². The first kappa shape index (κ1) is 12.8. The third-order valence-electron chi connectivity index (χ3n) is 3.73. The summed E-state index contributed by atoms with van der Waals surface area (Å²) in [5, 5.41) is 5.39. The van der Waals surface area contributed by atoms with E-state index in [4.69, 9.17) is 5.84 Å². The van der Waals surface area contributed by atoms with Gasteiger partial charge in [0.2, 0.25) is 0 Å². The summed E-state index contributed by atoms with van der Waals surface area (Å²) in [6, 6.07) is 9.99. The number of aryl methyl sites for hydroxylation is 1. The van der Waals surface area contributed by atoms with Crippen LogP contribution < -0.4 is 11.3 Å². The predicted molar refractivity (Wildman–Crippen MR) is 78.9 cm³/mol. The second-order valence-electron chi connectivity index (χ2n) is 4.83. The van der Waals surface area contributed by atoms with Crippen LogP contribution in [-0.4, -0.2) is 14.8 Å². The number of rotatable bonds is 3. The van der Waals surface area contributed by atoms with E-state index >= 15 is 0 Å². The van der Waals surface area contributed by atoms with E-state index < -0.39 is 0 Å². The molecule has 20 heavy (non-hydrogen) atoms. The summed E-state index contributed by atoms with van der Waals surface area (Å²) in [5.74, 6) is 5.79. The van der Waals surface area contributed by atoms with Crippen molar-refractivity contribution >= 4 is 10.9 Å². The number of nitrogens with zero attached hydrogens (tertiary/aromatic N) is 3. The average molecular weight is 267 g/mol. The van der Waals surface area contributed by atoms with E-state index in [0.29, 0.717) is 0 Å². The van der Waals surface area contributed by atoms with Gasteiger partial charge in [-0.05, 0) is 13.0 Å². The third kappa shape index (κ3) is 1.97. The Balaban J connectivity index is 2.19. The van der Waals surface area contributed by atoms with Gasteiger partial charge in [0, 0.05) is 35.5 Å². The Morgan fingerprint density at radius 2 is 2.00 bits per heavy atom. The lowest BCUT2D eigenvalue weighted by atomic mass is 9.97. The van der Waals surface area contributed by atoms with Crippen LogP contribution in [0, 0.1) is 6.92 Å². The van der Waals surface area contributed by atoms with E-state index in [0.717, 1.165) is 27.7 Å². The van der Waals surface area contributed by atoms with Gasteiger partial charge < -0.3 is 0 Å². The zero-order valence-corrected chi connectivity index (χ0v) is 11.5. The lowest BCUT2D eigenvalue weighted by Crippen LogP contribution is -2.29. The monoisotopic (exact) mass is 267 g/mol. The number of aromatic nitrogens is 3. The highest BCUT2D eigenvalue weighted by molar-refractivity contribution is 5.82. The normalized spacial score (nSPS) is 12.8. The second-order valence-corrected chi connectivity index (χ2v) is 4.83. The molecule has 1 aromatic carbocycles. The summed E-state index contributed by atoms with van der Waals surface area (Å²) < 4.78 is 1.85. The number of nitrogens with one attached hydrogen (secondary N) is 1. The predicted octanol–water partition coefficient (Wildman–Crippen LogP) is 1.83. The fraction of sp³-hybridized carbons (Fsp3) is 0.200. The van der Waals surface area contributed by atoms with Crippen LogP contribution in [0.25, 0.3) is 10.9 Å².